The van der Waals surface area contributed by atoms with E-state index in [-0.39, 0.29) is 5.69 Å². The molecular formula is C11H10N2O3. The lowest BCUT2D eigenvalue weighted by molar-refractivity contribution is -0.384. The largest absolute Gasteiger partial charge is 0.478 e. The number of pyridine rings is 1. The Balaban J connectivity index is 2.52. The van der Waals surface area contributed by atoms with Gasteiger partial charge in [-0.1, -0.05) is 0 Å². The lowest BCUT2D eigenvalue weighted by Crippen LogP contribution is -1.94. The highest BCUT2D eigenvalue weighted by Gasteiger charge is 2.07. The predicted octanol–water partition coefficient (Wildman–Crippen LogP) is 2.54. The number of hydrogen-bond donors (Lipinski definition) is 0. The van der Waals surface area contributed by atoms with Crippen molar-refractivity contribution in [1.82, 2.24) is 4.98 Å². The molecule has 2 aromatic rings. The van der Waals surface area contributed by atoms with E-state index in [0.29, 0.717) is 18.0 Å². The number of ether oxygens (including phenoxy) is 1. The molecule has 0 N–H and O–H groups in total. The van der Waals surface area contributed by atoms with Gasteiger partial charge in [0.15, 0.2) is 0 Å². The summed E-state index contributed by atoms with van der Waals surface area (Å²) < 4.78 is 5.23. The van der Waals surface area contributed by atoms with E-state index in [2.05, 4.69) is 4.98 Å². The van der Waals surface area contributed by atoms with Crippen molar-refractivity contribution >= 4 is 16.6 Å². The zero-order chi connectivity index (χ0) is 11.5. The van der Waals surface area contributed by atoms with Gasteiger partial charge in [-0.3, -0.25) is 10.1 Å². The zero-order valence-electron chi connectivity index (χ0n) is 8.71. The molecule has 16 heavy (non-hydrogen) atoms. The van der Waals surface area contributed by atoms with Crippen LogP contribution < -0.4 is 4.74 Å². The van der Waals surface area contributed by atoms with Gasteiger partial charge in [0, 0.05) is 23.6 Å². The van der Waals surface area contributed by atoms with E-state index in [1.54, 1.807) is 12.1 Å². The molecule has 0 aliphatic rings. The van der Waals surface area contributed by atoms with Crippen LogP contribution in [0.3, 0.4) is 0 Å². The maximum Gasteiger partial charge on any atom is 0.271 e. The minimum atomic E-state index is -0.436. The maximum absolute atomic E-state index is 10.6. The lowest BCUT2D eigenvalue weighted by Gasteiger charge is -2.03. The van der Waals surface area contributed by atoms with Crippen LogP contribution >= 0.6 is 0 Å². The van der Waals surface area contributed by atoms with Crippen LogP contribution in [0.1, 0.15) is 6.92 Å². The van der Waals surface area contributed by atoms with Crippen LogP contribution in [0.4, 0.5) is 5.69 Å². The SMILES string of the molecule is CCOc1ccc2ccc([N+](=O)[O-])cc2n1. The van der Waals surface area contributed by atoms with Crippen molar-refractivity contribution in [3.63, 3.8) is 0 Å². The van der Waals surface area contributed by atoms with Crippen LogP contribution in [-0.2, 0) is 0 Å². The summed E-state index contributed by atoms with van der Waals surface area (Å²) in [6.07, 6.45) is 0. The Labute approximate surface area is 91.8 Å². The summed E-state index contributed by atoms with van der Waals surface area (Å²) in [5.41, 5.74) is 0.605. The number of fused-ring (bicyclic) bond motifs is 1. The summed E-state index contributed by atoms with van der Waals surface area (Å²) in [7, 11) is 0. The molecule has 0 aliphatic carbocycles. The van der Waals surface area contributed by atoms with Crippen LogP contribution in [0.5, 0.6) is 5.88 Å². The Kier molecular flexibility index (Phi) is 2.68. The highest BCUT2D eigenvalue weighted by molar-refractivity contribution is 5.81. The summed E-state index contributed by atoms with van der Waals surface area (Å²) >= 11 is 0. The smallest absolute Gasteiger partial charge is 0.271 e. The Morgan fingerprint density at radius 1 is 1.38 bits per heavy atom. The third kappa shape index (κ3) is 1.93. The van der Waals surface area contributed by atoms with Crippen molar-refractivity contribution in [2.45, 2.75) is 6.92 Å². The fraction of sp³-hybridized carbons (Fsp3) is 0.182. The van der Waals surface area contributed by atoms with Crippen LogP contribution in [0.2, 0.25) is 0 Å². The van der Waals surface area contributed by atoms with E-state index >= 15 is 0 Å². The summed E-state index contributed by atoms with van der Waals surface area (Å²) in [5.74, 6) is 0.482. The normalized spacial score (nSPS) is 10.3. The van der Waals surface area contributed by atoms with Gasteiger partial charge in [-0.05, 0) is 19.1 Å². The first kappa shape index (κ1) is 10.4. The molecule has 1 aromatic heterocycles. The molecule has 0 radical (unpaired) electrons. The predicted molar refractivity (Wildman–Crippen MR) is 59.6 cm³/mol. The molecule has 1 aromatic carbocycles. The molecule has 0 saturated carbocycles. The van der Waals surface area contributed by atoms with Gasteiger partial charge in [0.1, 0.15) is 0 Å². The molecule has 5 nitrogen and oxygen atoms in total. The standard InChI is InChI=1S/C11H10N2O3/c1-2-16-11-6-4-8-3-5-9(13(14)15)7-10(8)12-11/h3-7H,2H2,1H3. The molecule has 0 unspecified atom stereocenters. The number of nitro benzene ring substituents is 1. The topological polar surface area (TPSA) is 65.3 Å². The molecule has 5 heteroatoms. The van der Waals surface area contributed by atoms with Crippen molar-refractivity contribution in [3.05, 3.63) is 40.4 Å². The first-order valence-electron chi connectivity index (χ1n) is 4.88. The average molecular weight is 218 g/mol. The molecular weight excluding hydrogens is 208 g/mol. The minimum absolute atomic E-state index is 0.0358. The van der Waals surface area contributed by atoms with Gasteiger partial charge in [-0.15, -0.1) is 0 Å². The minimum Gasteiger partial charge on any atom is -0.478 e. The van der Waals surface area contributed by atoms with Crippen molar-refractivity contribution < 1.29 is 9.66 Å². The van der Waals surface area contributed by atoms with Gasteiger partial charge in [-0.25, -0.2) is 4.98 Å². The monoisotopic (exact) mass is 218 g/mol. The number of aromatic nitrogens is 1. The molecule has 0 saturated heterocycles. The van der Waals surface area contributed by atoms with Gasteiger partial charge >= 0.3 is 0 Å². The van der Waals surface area contributed by atoms with Gasteiger partial charge in [-0.2, -0.15) is 0 Å². The molecule has 0 aliphatic heterocycles. The second-order valence-electron chi connectivity index (χ2n) is 3.22. The first-order valence-corrected chi connectivity index (χ1v) is 4.88. The third-order valence-electron chi connectivity index (χ3n) is 2.15. The Bertz CT molecular complexity index is 540. The average Bonchev–Trinajstić information content (AvgIpc) is 2.28. The second kappa shape index (κ2) is 4.14. The Morgan fingerprint density at radius 2 is 2.12 bits per heavy atom. The fourth-order valence-corrected chi connectivity index (χ4v) is 1.43. The Morgan fingerprint density at radius 3 is 2.81 bits per heavy atom. The molecule has 0 bridgehead atoms. The van der Waals surface area contributed by atoms with Gasteiger partial charge in [0.2, 0.25) is 5.88 Å². The number of hydrogen-bond acceptors (Lipinski definition) is 4. The van der Waals surface area contributed by atoms with Crippen molar-refractivity contribution in [2.24, 2.45) is 0 Å². The Hall–Kier alpha value is -2.17. The molecule has 2 rings (SSSR count). The van der Waals surface area contributed by atoms with Gasteiger partial charge < -0.3 is 4.74 Å². The van der Waals surface area contributed by atoms with E-state index in [1.165, 1.54) is 12.1 Å². The van der Waals surface area contributed by atoms with Crippen LogP contribution in [0, 0.1) is 10.1 Å². The highest BCUT2D eigenvalue weighted by atomic mass is 16.6. The first-order chi connectivity index (χ1) is 7.70. The zero-order valence-corrected chi connectivity index (χ0v) is 8.71. The van der Waals surface area contributed by atoms with Crippen molar-refractivity contribution in [2.75, 3.05) is 6.61 Å². The van der Waals surface area contributed by atoms with Crippen molar-refractivity contribution in [1.29, 1.82) is 0 Å². The molecule has 0 amide bonds. The number of non-ortho nitro benzene ring substituents is 1. The van der Waals surface area contributed by atoms with E-state index in [4.69, 9.17) is 4.74 Å². The number of nitrogens with zero attached hydrogens (tertiary/aromatic N) is 2. The van der Waals surface area contributed by atoms with E-state index < -0.39 is 4.92 Å². The van der Waals surface area contributed by atoms with Crippen LogP contribution in [-0.4, -0.2) is 16.5 Å². The van der Waals surface area contributed by atoms with Crippen molar-refractivity contribution in [3.8, 4) is 5.88 Å². The number of rotatable bonds is 3. The van der Waals surface area contributed by atoms with Gasteiger partial charge in [0.25, 0.3) is 5.69 Å². The highest BCUT2D eigenvalue weighted by Crippen LogP contribution is 2.21. The lowest BCUT2D eigenvalue weighted by atomic mass is 10.2. The van der Waals surface area contributed by atoms with Crippen LogP contribution in [0.25, 0.3) is 10.9 Å². The number of benzene rings is 1. The summed E-state index contributed by atoms with van der Waals surface area (Å²) in [6.45, 7) is 2.38. The molecule has 0 atom stereocenters. The third-order valence-corrected chi connectivity index (χ3v) is 2.15. The maximum atomic E-state index is 10.6. The fourth-order valence-electron chi connectivity index (χ4n) is 1.43. The summed E-state index contributed by atoms with van der Waals surface area (Å²) in [6, 6.07) is 8.16. The quantitative estimate of drug-likeness (QED) is 0.586. The second-order valence-corrected chi connectivity index (χ2v) is 3.22. The molecule has 0 fully saturated rings. The van der Waals surface area contributed by atoms with Crippen LogP contribution in [0.15, 0.2) is 30.3 Å². The van der Waals surface area contributed by atoms with E-state index in [0.717, 1.165) is 5.39 Å². The van der Waals surface area contributed by atoms with E-state index in [9.17, 15) is 10.1 Å². The number of nitro groups is 1. The summed E-state index contributed by atoms with van der Waals surface area (Å²) in [4.78, 5) is 14.3. The molecule has 82 valence electrons. The van der Waals surface area contributed by atoms with Gasteiger partial charge in [0.05, 0.1) is 17.0 Å². The molecule has 1 heterocycles. The summed E-state index contributed by atoms with van der Waals surface area (Å²) in [5, 5.41) is 11.5. The van der Waals surface area contributed by atoms with E-state index in [1.807, 2.05) is 13.0 Å². The molecule has 0 spiro atoms.